The number of allylic oxidation sites excluding steroid dienone is 4. The van der Waals surface area contributed by atoms with Gasteiger partial charge in [0, 0.05) is 12.4 Å². The fourth-order valence-corrected chi connectivity index (χ4v) is 2.34. The van der Waals surface area contributed by atoms with E-state index in [0.29, 0.717) is 0 Å². The molecule has 5 heteroatoms. The molecule has 2 nitrogen and oxygen atoms in total. The zero-order valence-corrected chi connectivity index (χ0v) is 16.7. The Morgan fingerprint density at radius 1 is 1.12 bits per heavy atom. The molecular weight excluding hydrogens is 375 g/mol. The van der Waals surface area contributed by atoms with Gasteiger partial charge in [0.25, 0.3) is 0 Å². The van der Waals surface area contributed by atoms with Crippen molar-refractivity contribution in [2.24, 2.45) is 0 Å². The maximum absolute atomic E-state index is 4.20. The molecule has 0 aliphatic heterocycles. The van der Waals surface area contributed by atoms with E-state index in [9.17, 15) is 0 Å². The molecule has 1 heterocycles. The Hall–Kier alpha value is -1.19. The smallest absolute Gasteiger partial charge is 1.00 e. The van der Waals surface area contributed by atoms with Gasteiger partial charge in [0.15, 0.2) is 0 Å². The summed E-state index contributed by atoms with van der Waals surface area (Å²) >= 11 is 0. The molecule has 0 spiro atoms. The van der Waals surface area contributed by atoms with Crippen molar-refractivity contribution in [1.29, 1.82) is 0 Å². The molecule has 0 fully saturated rings. The first-order chi connectivity index (χ1) is 10.2. The van der Waals surface area contributed by atoms with Gasteiger partial charge in [0.05, 0.1) is 0 Å². The monoisotopic (exact) mass is 392 g/mol. The van der Waals surface area contributed by atoms with Gasteiger partial charge in [-0.25, -0.2) is 11.1 Å². The molecule has 0 saturated carbocycles. The molecular formula is C19H18Cl2N2Ti. The van der Waals surface area contributed by atoms with Crippen molar-refractivity contribution in [2.45, 2.75) is 20.3 Å². The third-order valence-electron chi connectivity index (χ3n) is 3.74. The molecule has 4 rings (SSSR count). The van der Waals surface area contributed by atoms with Crippen LogP contribution >= 0.6 is 0 Å². The van der Waals surface area contributed by atoms with E-state index in [1.165, 1.54) is 21.9 Å². The first kappa shape index (κ1) is 22.8. The Morgan fingerprint density at radius 3 is 2.38 bits per heavy atom. The van der Waals surface area contributed by atoms with Crippen LogP contribution in [0.25, 0.3) is 16.5 Å². The van der Waals surface area contributed by atoms with E-state index >= 15 is 0 Å². The average molecular weight is 393 g/mol. The third kappa shape index (κ3) is 5.42. The standard InChI is InChI=1S/C12H9N2.C7H9.2ClH.Ti/c1-2-5-11-9-12(8-10(11)4-1)14-7-3-6-13-14;1-6-4-3-5-7(6)2;;;/h1-9H;4H,3H2,1-2H3;2*1H;/q2*-1;;;+4/p-2. The largest absolute Gasteiger partial charge is 4.00 e. The van der Waals surface area contributed by atoms with Gasteiger partial charge in [-0.15, -0.1) is 54.4 Å². The molecule has 0 bridgehead atoms. The van der Waals surface area contributed by atoms with E-state index in [0.717, 1.165) is 12.1 Å². The SMILES string of the molecule is CC1=[C-]CC=C1C.[Cl-].[Cl-].[Ti+4].c1ccc2[cH-]c(-n3cccn3)cc2c1. The van der Waals surface area contributed by atoms with Crippen molar-refractivity contribution in [3.05, 3.63) is 78.2 Å². The first-order valence-corrected chi connectivity index (χ1v) is 7.14. The fourth-order valence-electron chi connectivity index (χ4n) is 2.34. The predicted octanol–water partition coefficient (Wildman–Crippen LogP) is -1.16. The number of hydrogen-bond donors (Lipinski definition) is 0. The second-order valence-electron chi connectivity index (χ2n) is 5.19. The number of benzene rings is 1. The van der Waals surface area contributed by atoms with Gasteiger partial charge in [-0.2, -0.15) is 11.2 Å². The molecule has 3 aromatic rings. The van der Waals surface area contributed by atoms with Crippen molar-refractivity contribution in [3.8, 4) is 5.69 Å². The Morgan fingerprint density at radius 2 is 1.88 bits per heavy atom. The Bertz CT molecular complexity index is 753. The summed E-state index contributed by atoms with van der Waals surface area (Å²) in [7, 11) is 0. The number of aromatic nitrogens is 2. The summed E-state index contributed by atoms with van der Waals surface area (Å²) in [5.74, 6) is 0. The van der Waals surface area contributed by atoms with E-state index in [4.69, 9.17) is 0 Å². The second kappa shape index (κ2) is 10.6. The topological polar surface area (TPSA) is 17.8 Å². The van der Waals surface area contributed by atoms with Crippen LogP contribution < -0.4 is 24.8 Å². The number of hydrogen-bond acceptors (Lipinski definition) is 1. The average Bonchev–Trinajstić information content (AvgIpc) is 3.21. The van der Waals surface area contributed by atoms with Crippen LogP contribution in [-0.2, 0) is 21.7 Å². The zero-order chi connectivity index (χ0) is 14.7. The third-order valence-corrected chi connectivity index (χ3v) is 3.74. The molecule has 0 unspecified atom stereocenters. The maximum atomic E-state index is 4.20. The summed E-state index contributed by atoms with van der Waals surface area (Å²) in [6.07, 6.45) is 10.2. The summed E-state index contributed by atoms with van der Waals surface area (Å²) in [4.78, 5) is 0. The maximum Gasteiger partial charge on any atom is 4.00 e. The minimum atomic E-state index is 0. The van der Waals surface area contributed by atoms with Gasteiger partial charge >= 0.3 is 21.7 Å². The second-order valence-corrected chi connectivity index (χ2v) is 5.19. The minimum Gasteiger partial charge on any atom is -1.00 e. The van der Waals surface area contributed by atoms with Gasteiger partial charge in [-0.1, -0.05) is 13.0 Å². The van der Waals surface area contributed by atoms with Crippen molar-refractivity contribution < 1.29 is 46.5 Å². The van der Waals surface area contributed by atoms with E-state index in [-0.39, 0.29) is 46.5 Å². The summed E-state index contributed by atoms with van der Waals surface area (Å²) in [5.41, 5.74) is 3.83. The number of halogens is 2. The molecule has 0 saturated heterocycles. The fraction of sp³-hybridized carbons (Fsp3) is 0.158. The summed E-state index contributed by atoms with van der Waals surface area (Å²) in [6, 6.07) is 14.5. The van der Waals surface area contributed by atoms with Crippen LogP contribution in [0.4, 0.5) is 0 Å². The van der Waals surface area contributed by atoms with Gasteiger partial charge in [-0.05, 0) is 11.8 Å². The van der Waals surface area contributed by atoms with Crippen LogP contribution in [0.2, 0.25) is 0 Å². The van der Waals surface area contributed by atoms with Gasteiger partial charge in [-0.3, -0.25) is 10.8 Å². The van der Waals surface area contributed by atoms with E-state index in [2.05, 4.69) is 67.5 Å². The molecule has 1 aromatic heterocycles. The minimum absolute atomic E-state index is 0. The van der Waals surface area contributed by atoms with Crippen molar-refractivity contribution >= 4 is 10.8 Å². The summed E-state index contributed by atoms with van der Waals surface area (Å²) in [5, 5.41) is 6.72. The number of fused-ring (bicyclic) bond motifs is 1. The van der Waals surface area contributed by atoms with Crippen LogP contribution in [0.15, 0.2) is 72.1 Å². The number of rotatable bonds is 1. The quantitative estimate of drug-likeness (QED) is 0.377. The molecule has 0 N–H and O–H groups in total. The molecule has 2 aromatic carbocycles. The van der Waals surface area contributed by atoms with Gasteiger partial charge in [0.1, 0.15) is 0 Å². The molecule has 122 valence electrons. The van der Waals surface area contributed by atoms with Crippen LogP contribution in [-0.4, -0.2) is 9.78 Å². The van der Waals surface area contributed by atoms with Crippen LogP contribution in [0, 0.1) is 6.08 Å². The Kier molecular flexibility index (Phi) is 10.1. The van der Waals surface area contributed by atoms with Crippen molar-refractivity contribution in [2.75, 3.05) is 0 Å². The molecule has 1 aliphatic rings. The van der Waals surface area contributed by atoms with Crippen molar-refractivity contribution in [1.82, 2.24) is 9.78 Å². The van der Waals surface area contributed by atoms with Crippen LogP contribution in [0.5, 0.6) is 0 Å². The van der Waals surface area contributed by atoms with Crippen molar-refractivity contribution in [3.63, 3.8) is 0 Å². The van der Waals surface area contributed by atoms with Crippen LogP contribution in [0.1, 0.15) is 20.3 Å². The summed E-state index contributed by atoms with van der Waals surface area (Å²) in [6.45, 7) is 4.22. The zero-order valence-electron chi connectivity index (χ0n) is 13.6. The predicted molar refractivity (Wildman–Crippen MR) is 87.5 cm³/mol. The van der Waals surface area contributed by atoms with E-state index in [1.54, 1.807) is 6.20 Å². The number of nitrogens with zero attached hydrogens (tertiary/aromatic N) is 2. The van der Waals surface area contributed by atoms with Gasteiger partial charge < -0.3 is 24.8 Å². The molecule has 0 atom stereocenters. The normalized spacial score (nSPS) is 11.9. The van der Waals surface area contributed by atoms with Gasteiger partial charge in [0.2, 0.25) is 0 Å². The molecule has 0 radical (unpaired) electrons. The first-order valence-electron chi connectivity index (χ1n) is 7.14. The molecule has 24 heavy (non-hydrogen) atoms. The van der Waals surface area contributed by atoms with Crippen LogP contribution in [0.3, 0.4) is 0 Å². The Labute approximate surface area is 170 Å². The molecule has 1 aliphatic carbocycles. The Balaban J connectivity index is 0.000000463. The van der Waals surface area contributed by atoms with E-state index < -0.39 is 0 Å². The summed E-state index contributed by atoms with van der Waals surface area (Å²) < 4.78 is 1.88. The van der Waals surface area contributed by atoms with E-state index in [1.807, 2.05) is 16.9 Å². The molecule has 0 amide bonds.